The van der Waals surface area contributed by atoms with Crippen LogP contribution in [-0.4, -0.2) is 0 Å². The second kappa shape index (κ2) is 12.3. The molecule has 1 heteroatoms. The maximum atomic E-state index is 14.6. The van der Waals surface area contributed by atoms with E-state index in [-0.39, 0.29) is 5.82 Å². The van der Waals surface area contributed by atoms with Crippen molar-refractivity contribution < 1.29 is 4.39 Å². The van der Waals surface area contributed by atoms with Gasteiger partial charge in [-0.1, -0.05) is 95.2 Å². The van der Waals surface area contributed by atoms with Gasteiger partial charge < -0.3 is 0 Å². The largest absolute Gasteiger partial charge is 0.206 e. The van der Waals surface area contributed by atoms with E-state index < -0.39 is 0 Å². The molecule has 0 aromatic heterocycles. The van der Waals surface area contributed by atoms with Crippen molar-refractivity contribution in [2.45, 2.75) is 103 Å². The van der Waals surface area contributed by atoms with E-state index in [4.69, 9.17) is 0 Å². The van der Waals surface area contributed by atoms with E-state index in [1.54, 1.807) is 6.07 Å². The van der Waals surface area contributed by atoms with Gasteiger partial charge in [-0.3, -0.25) is 0 Å². The molecule has 1 aliphatic carbocycles. The molecule has 30 heavy (non-hydrogen) atoms. The van der Waals surface area contributed by atoms with Crippen LogP contribution in [0.15, 0.2) is 42.5 Å². The smallest absolute Gasteiger partial charge is 0.131 e. The number of aryl methyl sites for hydroxylation is 1. The summed E-state index contributed by atoms with van der Waals surface area (Å²) in [6.07, 6.45) is 17.1. The molecular formula is C29H41F. The van der Waals surface area contributed by atoms with Crippen molar-refractivity contribution in [2.75, 3.05) is 0 Å². The van der Waals surface area contributed by atoms with Crippen molar-refractivity contribution in [1.29, 1.82) is 0 Å². The summed E-state index contributed by atoms with van der Waals surface area (Å²) in [5.74, 6) is 1.55. The number of hydrogen-bond donors (Lipinski definition) is 0. The van der Waals surface area contributed by atoms with Crippen LogP contribution in [0.4, 0.5) is 4.39 Å². The average Bonchev–Trinajstić information content (AvgIpc) is 2.78. The van der Waals surface area contributed by atoms with Gasteiger partial charge in [-0.25, -0.2) is 4.39 Å². The first-order valence-corrected chi connectivity index (χ1v) is 12.6. The Morgan fingerprint density at radius 1 is 0.767 bits per heavy atom. The van der Waals surface area contributed by atoms with Crippen molar-refractivity contribution in [3.63, 3.8) is 0 Å². The van der Waals surface area contributed by atoms with E-state index in [1.807, 2.05) is 6.07 Å². The Labute approximate surface area is 184 Å². The number of halogens is 1. The summed E-state index contributed by atoms with van der Waals surface area (Å²) >= 11 is 0. The summed E-state index contributed by atoms with van der Waals surface area (Å²) in [5.41, 5.74) is 4.28. The zero-order valence-corrected chi connectivity index (χ0v) is 19.3. The highest BCUT2D eigenvalue weighted by Gasteiger charge is 2.22. The number of benzene rings is 2. The van der Waals surface area contributed by atoms with E-state index in [2.05, 4.69) is 44.2 Å². The van der Waals surface area contributed by atoms with E-state index in [0.29, 0.717) is 5.92 Å². The number of rotatable bonds is 11. The van der Waals surface area contributed by atoms with Crippen molar-refractivity contribution in [3.05, 3.63) is 59.4 Å². The summed E-state index contributed by atoms with van der Waals surface area (Å²) in [6, 6.07) is 14.5. The molecule has 164 valence electrons. The Morgan fingerprint density at radius 3 is 2.13 bits per heavy atom. The molecule has 0 nitrogen and oxygen atoms in total. The third-order valence-corrected chi connectivity index (χ3v) is 7.11. The lowest BCUT2D eigenvalue weighted by Crippen LogP contribution is -2.13. The zero-order chi connectivity index (χ0) is 21.2. The maximum Gasteiger partial charge on any atom is 0.131 e. The van der Waals surface area contributed by atoms with Crippen molar-refractivity contribution in [3.8, 4) is 11.1 Å². The molecule has 1 saturated carbocycles. The SMILES string of the molecule is CCCCCCCC1CCC(c2ccc(-c3ccc(CCCC)cc3F)cc2)CC1. The van der Waals surface area contributed by atoms with Gasteiger partial charge in [0.15, 0.2) is 0 Å². The van der Waals surface area contributed by atoms with E-state index in [0.717, 1.165) is 41.9 Å². The minimum atomic E-state index is -0.0872. The third kappa shape index (κ3) is 6.69. The zero-order valence-electron chi connectivity index (χ0n) is 19.3. The van der Waals surface area contributed by atoms with Crippen LogP contribution in [0.5, 0.6) is 0 Å². The summed E-state index contributed by atoms with van der Waals surface area (Å²) < 4.78 is 14.6. The second-order valence-corrected chi connectivity index (χ2v) is 9.46. The molecule has 0 atom stereocenters. The van der Waals surface area contributed by atoms with Gasteiger partial charge in [0.05, 0.1) is 0 Å². The van der Waals surface area contributed by atoms with Gasteiger partial charge in [0.25, 0.3) is 0 Å². The second-order valence-electron chi connectivity index (χ2n) is 9.46. The minimum absolute atomic E-state index is 0.0872. The Hall–Kier alpha value is -1.63. The molecule has 0 N–H and O–H groups in total. The normalized spacial score (nSPS) is 19.2. The highest BCUT2D eigenvalue weighted by molar-refractivity contribution is 5.65. The maximum absolute atomic E-state index is 14.6. The monoisotopic (exact) mass is 408 g/mol. The Balaban J connectivity index is 1.50. The Morgan fingerprint density at radius 2 is 1.47 bits per heavy atom. The molecule has 0 bridgehead atoms. The molecule has 0 radical (unpaired) electrons. The van der Waals surface area contributed by atoms with Gasteiger partial charge in [-0.05, 0) is 73.1 Å². The molecule has 1 fully saturated rings. The first-order valence-electron chi connectivity index (χ1n) is 12.6. The average molecular weight is 409 g/mol. The number of hydrogen-bond acceptors (Lipinski definition) is 0. The Kier molecular flexibility index (Phi) is 9.43. The molecule has 0 aliphatic heterocycles. The standard InChI is InChI=1S/C29H41F/c1-3-5-7-8-9-11-23-12-15-25(16-13-23)26-17-19-27(20-18-26)28-21-14-24(10-6-4-2)22-29(28)30/h14,17-23,25H,3-13,15-16H2,1-2H3. The molecule has 0 saturated heterocycles. The molecule has 2 aromatic carbocycles. The van der Waals surface area contributed by atoms with Gasteiger partial charge in [-0.15, -0.1) is 0 Å². The fourth-order valence-electron chi connectivity index (χ4n) is 5.08. The fraction of sp³-hybridized carbons (Fsp3) is 0.586. The summed E-state index contributed by atoms with van der Waals surface area (Å²) in [5, 5.41) is 0. The highest BCUT2D eigenvalue weighted by Crippen LogP contribution is 2.38. The molecule has 0 spiro atoms. The summed E-state index contributed by atoms with van der Waals surface area (Å²) in [4.78, 5) is 0. The van der Waals surface area contributed by atoms with Crippen LogP contribution in [0.25, 0.3) is 11.1 Å². The lowest BCUT2D eigenvalue weighted by atomic mass is 9.77. The van der Waals surface area contributed by atoms with Crippen LogP contribution in [0, 0.1) is 11.7 Å². The van der Waals surface area contributed by atoms with Gasteiger partial charge in [0, 0.05) is 5.56 Å². The molecule has 1 aliphatic rings. The van der Waals surface area contributed by atoms with Crippen LogP contribution < -0.4 is 0 Å². The van der Waals surface area contributed by atoms with E-state index in [9.17, 15) is 4.39 Å². The van der Waals surface area contributed by atoms with Crippen molar-refractivity contribution in [1.82, 2.24) is 0 Å². The molecule has 2 aromatic rings. The summed E-state index contributed by atoms with van der Waals surface area (Å²) in [6.45, 7) is 4.46. The lowest BCUT2D eigenvalue weighted by molar-refractivity contribution is 0.302. The van der Waals surface area contributed by atoms with Gasteiger partial charge in [0.1, 0.15) is 5.82 Å². The van der Waals surface area contributed by atoms with Crippen molar-refractivity contribution in [2.24, 2.45) is 5.92 Å². The number of unbranched alkanes of at least 4 members (excludes halogenated alkanes) is 5. The van der Waals surface area contributed by atoms with E-state index in [1.165, 1.54) is 69.8 Å². The molecule has 3 rings (SSSR count). The summed E-state index contributed by atoms with van der Waals surface area (Å²) in [7, 11) is 0. The lowest BCUT2D eigenvalue weighted by Gasteiger charge is -2.29. The van der Waals surface area contributed by atoms with Crippen LogP contribution in [0.3, 0.4) is 0 Å². The third-order valence-electron chi connectivity index (χ3n) is 7.11. The Bertz CT molecular complexity index is 737. The quantitative estimate of drug-likeness (QED) is 0.325. The van der Waals surface area contributed by atoms with Gasteiger partial charge in [-0.2, -0.15) is 0 Å². The van der Waals surface area contributed by atoms with Crippen LogP contribution in [0.1, 0.15) is 108 Å². The topological polar surface area (TPSA) is 0 Å². The first kappa shape index (κ1) is 23.0. The highest BCUT2D eigenvalue weighted by atomic mass is 19.1. The van der Waals surface area contributed by atoms with Gasteiger partial charge in [0.2, 0.25) is 0 Å². The predicted molar refractivity (Wildman–Crippen MR) is 129 cm³/mol. The van der Waals surface area contributed by atoms with Crippen LogP contribution in [-0.2, 0) is 6.42 Å². The van der Waals surface area contributed by atoms with Crippen LogP contribution in [0.2, 0.25) is 0 Å². The van der Waals surface area contributed by atoms with Gasteiger partial charge >= 0.3 is 0 Å². The molecule has 0 heterocycles. The van der Waals surface area contributed by atoms with Crippen LogP contribution >= 0.6 is 0 Å². The molecular weight excluding hydrogens is 367 g/mol. The molecule has 0 unspecified atom stereocenters. The van der Waals surface area contributed by atoms with E-state index >= 15 is 0 Å². The first-order chi connectivity index (χ1) is 14.7. The predicted octanol–water partition coefficient (Wildman–Crippen LogP) is 9.47. The minimum Gasteiger partial charge on any atom is -0.206 e. The fourth-order valence-corrected chi connectivity index (χ4v) is 5.08. The molecule has 0 amide bonds. The van der Waals surface area contributed by atoms with Crippen molar-refractivity contribution >= 4 is 0 Å².